The molecule has 0 bridgehead atoms. The normalized spacial score (nSPS) is 14.0. The van der Waals surface area contributed by atoms with Gasteiger partial charge in [-0.1, -0.05) is 142 Å². The van der Waals surface area contributed by atoms with Gasteiger partial charge in [-0.3, -0.25) is 19.8 Å². The number of unbranched alkanes of at least 4 members (excludes halogenated alkanes) is 2. The number of hydrogen-bond acceptors (Lipinski definition) is 12. The van der Waals surface area contributed by atoms with Gasteiger partial charge in [-0.2, -0.15) is 10.2 Å². The van der Waals surface area contributed by atoms with Gasteiger partial charge in [0.05, 0.1) is 61.6 Å². The van der Waals surface area contributed by atoms with Gasteiger partial charge in [-0.15, -0.1) is 0 Å². The number of hydrogen-bond donors (Lipinski definition) is 8. The first-order valence-electron chi connectivity index (χ1n) is 25.3. The van der Waals surface area contributed by atoms with Crippen LogP contribution in [-0.4, -0.2) is 110 Å². The van der Waals surface area contributed by atoms with E-state index in [1.54, 1.807) is 24.8 Å². The fraction of sp³-hybridized carbons (Fsp3) is 0.481. The molecular formula is C54H76N12O8. The van der Waals surface area contributed by atoms with Crippen LogP contribution in [0.5, 0.6) is 0 Å². The maximum absolute atomic E-state index is 12.9. The average Bonchev–Trinajstić information content (AvgIpc) is 4.22. The summed E-state index contributed by atoms with van der Waals surface area (Å²) >= 11 is 0. The SMILES string of the molecule is CCCC[C@H](NC(=O)O[C@H](Cn1cnc(Cc2ccccc2)c1)C(C)(C)C)[C@@H](O)C(=O)Nc1ccn[nH]1.CCCC[C@H](NC(=O)O[C@H](Cn1cnc(Cc2ccccc2)c1)C(C)(C)C)[C@H](O)C(=O)Nc1ccn[nH]1. The van der Waals surface area contributed by atoms with Crippen molar-refractivity contribution in [1.29, 1.82) is 0 Å². The standard InChI is InChI=1S/2C27H38N6O4/c2*1-5-6-12-21(24(34)25(35)31-23-13-14-29-32-23)30-26(36)37-22(27(2,3)4)17-33-16-20(28-18-33)15-19-10-8-7-9-11-19/h2*7-11,13-14,16,18,21-22,24,34H,5-6,12,15,17H2,1-4H3,(H,30,36)(H2,29,31,32,35)/t21-,22+,24+;21-,22+,24-/m00/s1. The Labute approximate surface area is 433 Å². The van der Waals surface area contributed by atoms with E-state index in [1.807, 2.05) is 113 Å². The van der Waals surface area contributed by atoms with Gasteiger partial charge in [0.2, 0.25) is 0 Å². The molecule has 4 amide bonds. The van der Waals surface area contributed by atoms with Crippen molar-refractivity contribution in [2.24, 2.45) is 10.8 Å². The van der Waals surface area contributed by atoms with Crippen molar-refractivity contribution in [1.82, 2.24) is 50.1 Å². The predicted molar refractivity (Wildman–Crippen MR) is 282 cm³/mol. The summed E-state index contributed by atoms with van der Waals surface area (Å²) in [6.07, 6.45) is 10.6. The van der Waals surface area contributed by atoms with Gasteiger partial charge in [0, 0.05) is 48.2 Å². The largest absolute Gasteiger partial charge is 0.444 e. The highest BCUT2D eigenvalue weighted by Gasteiger charge is 2.34. The van der Waals surface area contributed by atoms with E-state index in [-0.39, 0.29) is 10.8 Å². The highest BCUT2D eigenvalue weighted by Crippen LogP contribution is 2.26. The lowest BCUT2D eigenvalue weighted by Gasteiger charge is -2.31. The number of ether oxygens (including phenoxy) is 2. The van der Waals surface area contributed by atoms with Crippen LogP contribution in [0.4, 0.5) is 21.2 Å². The molecule has 0 aliphatic heterocycles. The first-order chi connectivity index (χ1) is 35.3. The number of aromatic nitrogens is 8. The van der Waals surface area contributed by atoms with Crippen LogP contribution in [0.15, 0.2) is 110 Å². The Kier molecular flexibility index (Phi) is 22.0. The second-order valence-corrected chi connectivity index (χ2v) is 20.6. The molecule has 6 atom stereocenters. The third-order valence-corrected chi connectivity index (χ3v) is 12.2. The Morgan fingerprint density at radius 3 is 1.30 bits per heavy atom. The molecule has 0 fully saturated rings. The van der Waals surface area contributed by atoms with Gasteiger partial charge in [0.1, 0.15) is 23.8 Å². The predicted octanol–water partition coefficient (Wildman–Crippen LogP) is 7.79. The number of aliphatic hydroxyl groups is 2. The minimum absolute atomic E-state index is 0.362. The zero-order chi connectivity index (χ0) is 53.7. The van der Waals surface area contributed by atoms with Gasteiger partial charge >= 0.3 is 12.2 Å². The monoisotopic (exact) mass is 1020 g/mol. The smallest absolute Gasteiger partial charge is 0.407 e. The second-order valence-electron chi connectivity index (χ2n) is 20.6. The number of carbonyl (C=O) groups is 4. The summed E-state index contributed by atoms with van der Waals surface area (Å²) < 4.78 is 15.5. The zero-order valence-corrected chi connectivity index (χ0v) is 44.0. The highest BCUT2D eigenvalue weighted by molar-refractivity contribution is 5.94. The van der Waals surface area contributed by atoms with E-state index in [1.165, 1.54) is 23.5 Å². The minimum Gasteiger partial charge on any atom is -0.444 e. The van der Waals surface area contributed by atoms with E-state index in [4.69, 9.17) is 9.47 Å². The van der Waals surface area contributed by atoms with Crippen LogP contribution >= 0.6 is 0 Å². The Bertz CT molecular complexity index is 2390. The number of alkyl carbamates (subject to hydrolysis) is 2. The van der Waals surface area contributed by atoms with E-state index >= 15 is 0 Å². The number of imidazole rings is 2. The molecule has 4 aromatic heterocycles. The van der Waals surface area contributed by atoms with Gasteiger partial charge in [-0.25, -0.2) is 19.6 Å². The summed E-state index contributed by atoms with van der Waals surface area (Å²) in [6, 6.07) is 21.7. The number of nitrogens with one attached hydrogen (secondary N) is 6. The van der Waals surface area contributed by atoms with Crippen molar-refractivity contribution < 1.29 is 38.9 Å². The van der Waals surface area contributed by atoms with Crippen LogP contribution in [0.25, 0.3) is 0 Å². The minimum atomic E-state index is -1.45. The molecule has 6 rings (SSSR count). The van der Waals surface area contributed by atoms with Crippen LogP contribution in [0, 0.1) is 10.8 Å². The molecular weight excluding hydrogens is 945 g/mol. The summed E-state index contributed by atoms with van der Waals surface area (Å²) in [6.45, 7) is 16.8. The summed E-state index contributed by atoms with van der Waals surface area (Å²) in [5.41, 5.74) is 3.46. The summed E-state index contributed by atoms with van der Waals surface area (Å²) in [5.74, 6) is -0.550. The molecule has 400 valence electrons. The Hall–Kier alpha value is -7.32. The van der Waals surface area contributed by atoms with Crippen LogP contribution in [0.3, 0.4) is 0 Å². The molecule has 6 aromatic rings. The quantitative estimate of drug-likeness (QED) is 0.0289. The fourth-order valence-electron chi connectivity index (χ4n) is 7.69. The number of carbonyl (C=O) groups excluding carboxylic acids is 4. The molecule has 4 heterocycles. The summed E-state index contributed by atoms with van der Waals surface area (Å²) in [4.78, 5) is 60.0. The van der Waals surface area contributed by atoms with Crippen molar-refractivity contribution in [3.05, 3.63) is 133 Å². The van der Waals surface area contributed by atoms with Crippen molar-refractivity contribution in [2.45, 2.75) is 156 Å². The number of aliphatic hydroxyl groups excluding tert-OH is 2. The van der Waals surface area contributed by atoms with E-state index in [0.717, 1.165) is 37.1 Å². The zero-order valence-electron chi connectivity index (χ0n) is 44.0. The number of rotatable bonds is 24. The van der Waals surface area contributed by atoms with Crippen molar-refractivity contribution >= 4 is 35.6 Å². The molecule has 0 unspecified atom stereocenters. The van der Waals surface area contributed by atoms with Gasteiger partial charge in [-0.05, 0) is 24.0 Å². The number of aromatic amines is 2. The van der Waals surface area contributed by atoms with Crippen LogP contribution < -0.4 is 21.3 Å². The molecule has 74 heavy (non-hydrogen) atoms. The lowest BCUT2D eigenvalue weighted by molar-refractivity contribution is -0.126. The number of amides is 4. The third kappa shape index (κ3) is 19.3. The maximum Gasteiger partial charge on any atom is 0.407 e. The average molecular weight is 1020 g/mol. The Morgan fingerprint density at radius 2 is 0.973 bits per heavy atom. The lowest BCUT2D eigenvalue weighted by atomic mass is 9.89. The van der Waals surface area contributed by atoms with Gasteiger partial charge < -0.3 is 50.1 Å². The number of anilines is 2. The molecule has 20 nitrogen and oxygen atoms in total. The molecule has 2 aromatic carbocycles. The summed E-state index contributed by atoms with van der Waals surface area (Å²) in [7, 11) is 0. The second kappa shape index (κ2) is 28.2. The molecule has 0 saturated heterocycles. The first kappa shape index (κ1) is 57.6. The number of nitrogens with zero attached hydrogens (tertiary/aromatic N) is 6. The van der Waals surface area contributed by atoms with Crippen LogP contribution in [-0.2, 0) is 45.0 Å². The molecule has 8 N–H and O–H groups in total. The maximum atomic E-state index is 12.9. The molecule has 0 radical (unpaired) electrons. The van der Waals surface area contributed by atoms with Crippen LogP contribution in [0.1, 0.15) is 116 Å². The number of benzene rings is 2. The van der Waals surface area contributed by atoms with E-state index in [0.29, 0.717) is 50.4 Å². The van der Waals surface area contributed by atoms with E-state index in [9.17, 15) is 29.4 Å². The summed E-state index contributed by atoms with van der Waals surface area (Å²) in [5, 5.41) is 44.7. The Balaban J connectivity index is 0.000000274. The third-order valence-electron chi connectivity index (χ3n) is 12.2. The fourth-order valence-corrected chi connectivity index (χ4v) is 7.69. The van der Waals surface area contributed by atoms with Gasteiger partial charge in [0.25, 0.3) is 11.8 Å². The molecule has 0 aliphatic rings. The van der Waals surface area contributed by atoms with E-state index in [2.05, 4.69) is 75.9 Å². The lowest BCUT2D eigenvalue weighted by Crippen LogP contribution is -2.50. The highest BCUT2D eigenvalue weighted by atomic mass is 16.6. The van der Waals surface area contributed by atoms with Gasteiger partial charge in [0.15, 0.2) is 12.2 Å². The molecule has 0 aliphatic carbocycles. The molecule has 20 heteroatoms. The van der Waals surface area contributed by atoms with E-state index < -0.39 is 60.5 Å². The van der Waals surface area contributed by atoms with Crippen molar-refractivity contribution in [2.75, 3.05) is 10.6 Å². The number of H-pyrrole nitrogens is 2. The molecule has 0 saturated carbocycles. The van der Waals surface area contributed by atoms with Crippen molar-refractivity contribution in [3.8, 4) is 0 Å². The topological polar surface area (TPSA) is 268 Å². The van der Waals surface area contributed by atoms with Crippen molar-refractivity contribution in [3.63, 3.8) is 0 Å². The Morgan fingerprint density at radius 1 is 0.595 bits per heavy atom. The van der Waals surface area contributed by atoms with Crippen LogP contribution in [0.2, 0.25) is 0 Å². The molecule has 0 spiro atoms. The first-order valence-corrected chi connectivity index (χ1v) is 25.3.